The summed E-state index contributed by atoms with van der Waals surface area (Å²) in [6, 6.07) is 9.94. The Morgan fingerprint density at radius 1 is 1.10 bits per heavy atom. The number of carbonyl (C=O) groups is 1. The number of oxime groups is 1. The van der Waals surface area contributed by atoms with Gasteiger partial charge in [-0.15, -0.1) is 0 Å². The zero-order chi connectivity index (χ0) is 21.4. The van der Waals surface area contributed by atoms with Gasteiger partial charge in [0.05, 0.1) is 17.7 Å². The summed E-state index contributed by atoms with van der Waals surface area (Å²) in [7, 11) is 0. The number of hydrogen-bond donors (Lipinski definition) is 1. The number of carboxylic acid groups (broad SMARTS) is 1. The van der Waals surface area contributed by atoms with Crippen LogP contribution in [0, 0.1) is 6.92 Å². The van der Waals surface area contributed by atoms with E-state index in [1.807, 2.05) is 6.92 Å². The Hall–Kier alpha value is -3.03. The summed E-state index contributed by atoms with van der Waals surface area (Å²) >= 11 is 0. The van der Waals surface area contributed by atoms with Crippen LogP contribution in [0.1, 0.15) is 35.6 Å². The summed E-state index contributed by atoms with van der Waals surface area (Å²) in [4.78, 5) is 16.1. The fourth-order valence-electron chi connectivity index (χ4n) is 2.66. The SMILES string of the molecule is CCC(=NOCCOc1cccc(CC(=O)O)c1C)c1ccc(C(F)(F)F)cc1. The van der Waals surface area contributed by atoms with Gasteiger partial charge >= 0.3 is 12.1 Å². The molecular formula is C21H22F3NO4. The summed E-state index contributed by atoms with van der Waals surface area (Å²) in [6.07, 6.45) is -3.98. The third-order valence-corrected chi connectivity index (χ3v) is 4.23. The highest BCUT2D eigenvalue weighted by atomic mass is 19.4. The molecule has 0 spiro atoms. The van der Waals surface area contributed by atoms with Crippen LogP contribution < -0.4 is 4.74 Å². The van der Waals surface area contributed by atoms with E-state index in [9.17, 15) is 18.0 Å². The number of ether oxygens (including phenoxy) is 1. The number of benzene rings is 2. The van der Waals surface area contributed by atoms with Gasteiger partial charge in [-0.1, -0.05) is 36.3 Å². The predicted molar refractivity (Wildman–Crippen MR) is 102 cm³/mol. The van der Waals surface area contributed by atoms with Crippen LogP contribution in [-0.2, 0) is 22.2 Å². The van der Waals surface area contributed by atoms with E-state index < -0.39 is 17.7 Å². The number of hydrogen-bond acceptors (Lipinski definition) is 4. The standard InChI is InChI=1S/C21H22F3NO4/c1-3-18(15-7-9-17(10-8-15)21(22,23)24)25-29-12-11-28-19-6-4-5-16(14(19)2)13-20(26)27/h4-10H,3,11-13H2,1-2H3,(H,26,27). The van der Waals surface area contributed by atoms with Crippen LogP contribution in [0.25, 0.3) is 0 Å². The molecule has 0 fully saturated rings. The number of carboxylic acids is 1. The number of nitrogens with zero attached hydrogens (tertiary/aromatic N) is 1. The van der Waals surface area contributed by atoms with E-state index in [4.69, 9.17) is 14.7 Å². The highest BCUT2D eigenvalue weighted by Crippen LogP contribution is 2.29. The van der Waals surface area contributed by atoms with Crippen molar-refractivity contribution in [3.63, 3.8) is 0 Å². The normalized spacial score (nSPS) is 12.0. The molecule has 2 rings (SSSR count). The van der Waals surface area contributed by atoms with Crippen molar-refractivity contribution in [2.45, 2.75) is 32.9 Å². The zero-order valence-electron chi connectivity index (χ0n) is 16.1. The molecule has 0 aliphatic heterocycles. The molecule has 0 heterocycles. The maximum absolute atomic E-state index is 12.6. The Morgan fingerprint density at radius 2 is 1.79 bits per heavy atom. The Labute approximate surface area is 166 Å². The maximum atomic E-state index is 12.6. The zero-order valence-corrected chi connectivity index (χ0v) is 16.1. The van der Waals surface area contributed by atoms with Crippen LogP contribution in [0.5, 0.6) is 5.75 Å². The third-order valence-electron chi connectivity index (χ3n) is 4.23. The van der Waals surface area contributed by atoms with Crippen molar-refractivity contribution >= 4 is 11.7 Å². The Bertz CT molecular complexity index is 861. The lowest BCUT2D eigenvalue weighted by Gasteiger charge is -2.12. The molecule has 0 atom stereocenters. The van der Waals surface area contributed by atoms with Crippen LogP contribution in [0.15, 0.2) is 47.6 Å². The van der Waals surface area contributed by atoms with Crippen molar-refractivity contribution in [3.05, 3.63) is 64.7 Å². The number of rotatable bonds is 9. The van der Waals surface area contributed by atoms with Crippen LogP contribution in [0.4, 0.5) is 13.2 Å². The fraction of sp³-hybridized carbons (Fsp3) is 0.333. The average molecular weight is 409 g/mol. The largest absolute Gasteiger partial charge is 0.490 e. The van der Waals surface area contributed by atoms with Crippen molar-refractivity contribution in [3.8, 4) is 5.75 Å². The first kappa shape index (κ1) is 22.3. The highest BCUT2D eigenvalue weighted by molar-refractivity contribution is 6.00. The second-order valence-electron chi connectivity index (χ2n) is 6.26. The van der Waals surface area contributed by atoms with Gasteiger partial charge in [-0.05, 0) is 48.2 Å². The van der Waals surface area contributed by atoms with Crippen LogP contribution in [0.3, 0.4) is 0 Å². The molecule has 156 valence electrons. The Balaban J connectivity index is 1.91. The molecule has 0 saturated carbocycles. The third kappa shape index (κ3) is 6.51. The first-order valence-corrected chi connectivity index (χ1v) is 9.02. The lowest BCUT2D eigenvalue weighted by Crippen LogP contribution is -2.09. The number of aliphatic carboxylic acids is 1. The molecule has 0 aliphatic carbocycles. The number of alkyl halides is 3. The summed E-state index contributed by atoms with van der Waals surface area (Å²) < 4.78 is 43.6. The number of halogens is 3. The van der Waals surface area contributed by atoms with E-state index in [2.05, 4.69) is 5.16 Å². The lowest BCUT2D eigenvalue weighted by atomic mass is 10.1. The van der Waals surface area contributed by atoms with Crippen molar-refractivity contribution < 1.29 is 32.6 Å². The first-order valence-electron chi connectivity index (χ1n) is 9.02. The molecular weight excluding hydrogens is 387 g/mol. The minimum absolute atomic E-state index is 0.0865. The molecule has 2 aromatic rings. The molecule has 2 aromatic carbocycles. The van der Waals surface area contributed by atoms with Gasteiger partial charge in [-0.2, -0.15) is 13.2 Å². The Kier molecular flexibility index (Phi) is 7.64. The topological polar surface area (TPSA) is 68.1 Å². The molecule has 1 N–H and O–H groups in total. The van der Waals surface area contributed by atoms with E-state index in [0.29, 0.717) is 29.0 Å². The van der Waals surface area contributed by atoms with E-state index in [0.717, 1.165) is 17.7 Å². The van der Waals surface area contributed by atoms with Crippen LogP contribution in [-0.4, -0.2) is 30.0 Å². The Morgan fingerprint density at radius 3 is 2.38 bits per heavy atom. The molecule has 0 bridgehead atoms. The van der Waals surface area contributed by atoms with Gasteiger partial charge in [0.1, 0.15) is 12.4 Å². The molecule has 5 nitrogen and oxygen atoms in total. The molecule has 0 aliphatic rings. The molecule has 0 unspecified atom stereocenters. The van der Waals surface area contributed by atoms with Crippen molar-refractivity contribution in [2.24, 2.45) is 5.16 Å². The van der Waals surface area contributed by atoms with Gasteiger partial charge in [0.25, 0.3) is 0 Å². The van der Waals surface area contributed by atoms with Gasteiger partial charge in [-0.25, -0.2) is 0 Å². The summed E-state index contributed by atoms with van der Waals surface area (Å²) in [5.74, 6) is -0.354. The van der Waals surface area contributed by atoms with Crippen molar-refractivity contribution in [1.82, 2.24) is 0 Å². The van der Waals surface area contributed by atoms with E-state index >= 15 is 0 Å². The second-order valence-corrected chi connectivity index (χ2v) is 6.26. The van der Waals surface area contributed by atoms with Crippen LogP contribution >= 0.6 is 0 Å². The second kappa shape index (κ2) is 9.95. The molecule has 0 amide bonds. The quantitative estimate of drug-likeness (QED) is 0.365. The molecule has 0 aromatic heterocycles. The van der Waals surface area contributed by atoms with E-state index in [1.165, 1.54) is 12.1 Å². The van der Waals surface area contributed by atoms with Gasteiger partial charge in [0.2, 0.25) is 0 Å². The van der Waals surface area contributed by atoms with E-state index in [-0.39, 0.29) is 19.6 Å². The van der Waals surface area contributed by atoms with E-state index in [1.54, 1.807) is 25.1 Å². The molecule has 0 saturated heterocycles. The fourth-order valence-corrected chi connectivity index (χ4v) is 2.66. The maximum Gasteiger partial charge on any atom is 0.416 e. The van der Waals surface area contributed by atoms with Crippen molar-refractivity contribution in [2.75, 3.05) is 13.2 Å². The van der Waals surface area contributed by atoms with Gasteiger partial charge in [0, 0.05) is 0 Å². The summed E-state index contributed by atoms with van der Waals surface area (Å²) in [6.45, 7) is 3.93. The highest BCUT2D eigenvalue weighted by Gasteiger charge is 2.30. The molecule has 0 radical (unpaired) electrons. The van der Waals surface area contributed by atoms with Gasteiger partial charge in [-0.3, -0.25) is 4.79 Å². The van der Waals surface area contributed by atoms with Gasteiger partial charge < -0.3 is 14.7 Å². The first-order chi connectivity index (χ1) is 13.7. The van der Waals surface area contributed by atoms with Crippen LogP contribution in [0.2, 0.25) is 0 Å². The minimum atomic E-state index is -4.38. The average Bonchev–Trinajstić information content (AvgIpc) is 2.66. The predicted octanol–water partition coefficient (Wildman–Crippen LogP) is 4.85. The molecule has 29 heavy (non-hydrogen) atoms. The summed E-state index contributed by atoms with van der Waals surface area (Å²) in [5.41, 5.74) is 1.78. The summed E-state index contributed by atoms with van der Waals surface area (Å²) in [5, 5.41) is 12.9. The van der Waals surface area contributed by atoms with Crippen molar-refractivity contribution in [1.29, 1.82) is 0 Å². The monoisotopic (exact) mass is 409 g/mol. The minimum Gasteiger partial charge on any atom is -0.490 e. The molecule has 8 heteroatoms. The smallest absolute Gasteiger partial charge is 0.416 e. The van der Waals surface area contributed by atoms with Gasteiger partial charge in [0.15, 0.2) is 6.61 Å². The lowest BCUT2D eigenvalue weighted by molar-refractivity contribution is -0.138.